The van der Waals surface area contributed by atoms with E-state index in [0.29, 0.717) is 17.8 Å². The van der Waals surface area contributed by atoms with Gasteiger partial charge in [0.2, 0.25) is 0 Å². The van der Waals surface area contributed by atoms with E-state index in [1.165, 1.54) is 0 Å². The van der Waals surface area contributed by atoms with E-state index in [-0.39, 0.29) is 6.04 Å². The summed E-state index contributed by atoms with van der Waals surface area (Å²) in [5, 5.41) is 3.06. The van der Waals surface area contributed by atoms with E-state index in [2.05, 4.69) is 21.2 Å². The number of hydrogen-bond donors (Lipinski definition) is 1. The van der Waals surface area contributed by atoms with Crippen LogP contribution in [0, 0.1) is 5.82 Å². The smallest absolute Gasteiger partial charge is 0.349 e. The first-order valence-electron chi connectivity index (χ1n) is 5.50. The lowest BCUT2D eigenvalue weighted by atomic mass is 10.1. The first-order chi connectivity index (χ1) is 8.77. The Kier molecular flexibility index (Phi) is 5.34. The Morgan fingerprint density at radius 1 is 1.42 bits per heavy atom. The molecule has 1 aromatic carbocycles. The molecular weight excluding hydrogens is 330 g/mol. The number of carbonyl (C=O) groups is 1. The molecule has 0 spiro atoms. The zero-order valence-corrected chi connectivity index (χ0v) is 11.6. The van der Waals surface area contributed by atoms with E-state index in [9.17, 15) is 22.4 Å². The lowest BCUT2D eigenvalue weighted by Gasteiger charge is -2.14. The van der Waals surface area contributed by atoms with Gasteiger partial charge in [-0.2, -0.15) is 13.2 Å². The van der Waals surface area contributed by atoms with E-state index in [0.717, 1.165) is 12.1 Å². The number of hydrogen-bond acceptors (Lipinski definition) is 1. The average Bonchev–Trinajstić information content (AvgIpc) is 2.27. The van der Waals surface area contributed by atoms with E-state index in [1.54, 1.807) is 6.92 Å². The summed E-state index contributed by atoms with van der Waals surface area (Å²) < 4.78 is 51.2. The molecule has 1 N–H and O–H groups in total. The summed E-state index contributed by atoms with van der Waals surface area (Å²) in [5.41, 5.74) is -2.04. The Labute approximate surface area is 116 Å². The van der Waals surface area contributed by atoms with Crippen LogP contribution >= 0.6 is 15.9 Å². The van der Waals surface area contributed by atoms with Gasteiger partial charge in [-0.25, -0.2) is 4.39 Å². The Bertz CT molecular complexity index is 462. The van der Waals surface area contributed by atoms with Gasteiger partial charge in [-0.3, -0.25) is 4.79 Å². The average molecular weight is 342 g/mol. The number of carbonyl (C=O) groups excluding carboxylic acids is 1. The minimum absolute atomic E-state index is 0.263. The van der Waals surface area contributed by atoms with Gasteiger partial charge >= 0.3 is 6.18 Å². The Balaban J connectivity index is 2.99. The van der Waals surface area contributed by atoms with Crippen LogP contribution in [0.3, 0.4) is 0 Å². The maximum Gasteiger partial charge on any atom is 0.419 e. The molecule has 0 fully saturated rings. The largest absolute Gasteiger partial charge is 0.419 e. The highest BCUT2D eigenvalue weighted by Gasteiger charge is 2.35. The van der Waals surface area contributed by atoms with Gasteiger partial charge in [0.25, 0.3) is 5.91 Å². The molecule has 0 bridgehead atoms. The van der Waals surface area contributed by atoms with Crippen LogP contribution in [0.4, 0.5) is 17.6 Å². The number of alkyl halides is 4. The van der Waals surface area contributed by atoms with E-state index in [4.69, 9.17) is 0 Å². The molecule has 0 aromatic heterocycles. The molecule has 0 aliphatic rings. The van der Waals surface area contributed by atoms with Crippen LogP contribution in [0.25, 0.3) is 0 Å². The van der Waals surface area contributed by atoms with Crippen molar-refractivity contribution in [1.82, 2.24) is 5.32 Å². The lowest BCUT2D eigenvalue weighted by Crippen LogP contribution is -2.33. The normalized spacial score (nSPS) is 13.2. The van der Waals surface area contributed by atoms with Gasteiger partial charge in [-0.1, -0.05) is 22.0 Å². The summed E-state index contributed by atoms with van der Waals surface area (Å²) in [7, 11) is 0. The third kappa shape index (κ3) is 4.19. The first-order valence-corrected chi connectivity index (χ1v) is 6.62. The summed E-state index contributed by atoms with van der Waals surface area (Å²) in [5.74, 6) is -2.39. The summed E-state index contributed by atoms with van der Waals surface area (Å²) in [6, 6.07) is 2.38. The minimum Gasteiger partial charge on any atom is -0.349 e. The predicted molar refractivity (Wildman–Crippen MR) is 66.7 cm³/mol. The van der Waals surface area contributed by atoms with Crippen LogP contribution in [0.5, 0.6) is 0 Å². The molecule has 0 saturated carbocycles. The highest BCUT2D eigenvalue weighted by molar-refractivity contribution is 9.09. The van der Waals surface area contributed by atoms with E-state index in [1.807, 2.05) is 0 Å². The van der Waals surface area contributed by atoms with Crippen LogP contribution < -0.4 is 5.32 Å². The third-order valence-electron chi connectivity index (χ3n) is 2.47. The van der Waals surface area contributed by atoms with Crippen molar-refractivity contribution in [2.24, 2.45) is 0 Å². The number of benzene rings is 1. The molecule has 7 heteroatoms. The SMILES string of the molecule is CC(CCBr)NC(=O)c1cccc(C(F)(F)F)c1F. The molecule has 1 amide bonds. The van der Waals surface area contributed by atoms with Crippen molar-refractivity contribution in [3.05, 3.63) is 35.1 Å². The molecule has 1 rings (SSSR count). The van der Waals surface area contributed by atoms with Crippen LogP contribution in [0.2, 0.25) is 0 Å². The van der Waals surface area contributed by atoms with Gasteiger partial charge in [-0.05, 0) is 25.5 Å². The Morgan fingerprint density at radius 3 is 2.58 bits per heavy atom. The predicted octanol–water partition coefficient (Wildman–Crippen LogP) is 3.75. The molecule has 2 nitrogen and oxygen atoms in total. The van der Waals surface area contributed by atoms with Gasteiger partial charge in [-0.15, -0.1) is 0 Å². The quantitative estimate of drug-likeness (QED) is 0.655. The maximum absolute atomic E-state index is 13.7. The van der Waals surface area contributed by atoms with Gasteiger partial charge < -0.3 is 5.32 Å². The van der Waals surface area contributed by atoms with E-state index >= 15 is 0 Å². The van der Waals surface area contributed by atoms with Crippen molar-refractivity contribution in [3.8, 4) is 0 Å². The topological polar surface area (TPSA) is 29.1 Å². The molecular formula is C12H12BrF4NO. The maximum atomic E-state index is 13.7. The fourth-order valence-electron chi connectivity index (χ4n) is 1.46. The molecule has 0 aliphatic heterocycles. The fraction of sp³-hybridized carbons (Fsp3) is 0.417. The van der Waals surface area contributed by atoms with Crippen LogP contribution in [-0.2, 0) is 6.18 Å². The summed E-state index contributed by atoms with van der Waals surface area (Å²) in [6.07, 6.45) is -4.23. The van der Waals surface area contributed by atoms with Crippen molar-refractivity contribution in [3.63, 3.8) is 0 Å². The number of nitrogens with one attached hydrogen (secondary N) is 1. The van der Waals surface area contributed by atoms with Crippen LogP contribution in [0.1, 0.15) is 29.3 Å². The zero-order chi connectivity index (χ0) is 14.6. The molecule has 1 atom stereocenters. The molecule has 0 heterocycles. The van der Waals surface area contributed by atoms with Gasteiger partial charge in [0, 0.05) is 11.4 Å². The molecule has 0 radical (unpaired) electrons. The number of amides is 1. The zero-order valence-electron chi connectivity index (χ0n) is 10.0. The van der Waals surface area contributed by atoms with Crippen molar-refractivity contribution in [1.29, 1.82) is 0 Å². The summed E-state index contributed by atoms with van der Waals surface area (Å²) in [4.78, 5) is 11.7. The summed E-state index contributed by atoms with van der Waals surface area (Å²) >= 11 is 3.17. The Morgan fingerprint density at radius 2 is 2.05 bits per heavy atom. The third-order valence-corrected chi connectivity index (χ3v) is 2.93. The molecule has 106 valence electrons. The first kappa shape index (κ1) is 15.9. The number of rotatable bonds is 4. The van der Waals surface area contributed by atoms with Crippen LogP contribution in [-0.4, -0.2) is 17.3 Å². The van der Waals surface area contributed by atoms with Gasteiger partial charge in [0.05, 0.1) is 11.1 Å². The van der Waals surface area contributed by atoms with Gasteiger partial charge in [0.1, 0.15) is 5.82 Å². The monoisotopic (exact) mass is 341 g/mol. The van der Waals surface area contributed by atoms with Gasteiger partial charge in [0.15, 0.2) is 0 Å². The molecule has 0 saturated heterocycles. The van der Waals surface area contributed by atoms with Crippen molar-refractivity contribution in [2.75, 3.05) is 5.33 Å². The second-order valence-corrected chi connectivity index (χ2v) is 4.81. The fourth-order valence-corrected chi connectivity index (χ4v) is 2.15. The molecule has 19 heavy (non-hydrogen) atoms. The van der Waals surface area contributed by atoms with E-state index < -0.39 is 29.0 Å². The molecule has 1 unspecified atom stereocenters. The molecule has 1 aromatic rings. The summed E-state index contributed by atoms with van der Waals surface area (Å²) in [6.45, 7) is 1.69. The minimum atomic E-state index is -4.82. The highest BCUT2D eigenvalue weighted by atomic mass is 79.9. The second kappa shape index (κ2) is 6.36. The van der Waals surface area contributed by atoms with Crippen molar-refractivity contribution >= 4 is 21.8 Å². The number of halogens is 5. The van der Waals surface area contributed by atoms with Crippen LogP contribution in [0.15, 0.2) is 18.2 Å². The lowest BCUT2D eigenvalue weighted by molar-refractivity contribution is -0.140. The van der Waals surface area contributed by atoms with Crippen molar-refractivity contribution in [2.45, 2.75) is 25.6 Å². The Hall–Kier alpha value is -1.11. The second-order valence-electron chi connectivity index (χ2n) is 4.02. The highest BCUT2D eigenvalue weighted by Crippen LogP contribution is 2.32. The van der Waals surface area contributed by atoms with Crippen molar-refractivity contribution < 1.29 is 22.4 Å². The standard InChI is InChI=1S/C12H12BrF4NO/c1-7(5-6-13)18-11(19)8-3-2-4-9(10(8)14)12(15,16)17/h2-4,7H,5-6H2,1H3,(H,18,19). The molecule has 0 aliphatic carbocycles.